The number of nitrogens with one attached hydrogen (secondary N) is 2. The number of aryl methyl sites for hydroxylation is 1. The van der Waals surface area contributed by atoms with E-state index in [9.17, 15) is 4.79 Å². The number of rotatable bonds is 2. The zero-order valence-corrected chi connectivity index (χ0v) is 11.6. The molecule has 1 fully saturated rings. The Kier molecular flexibility index (Phi) is 3.43. The first-order valence-electron chi connectivity index (χ1n) is 7.12. The van der Waals surface area contributed by atoms with Gasteiger partial charge in [0.25, 0.3) is 0 Å². The first-order chi connectivity index (χ1) is 9.65. The van der Waals surface area contributed by atoms with E-state index in [0.717, 1.165) is 18.7 Å². The maximum absolute atomic E-state index is 11.6. The number of nitrogens with two attached hydrogens (primary N) is 1. The second kappa shape index (κ2) is 5.24. The van der Waals surface area contributed by atoms with E-state index in [4.69, 9.17) is 5.73 Å². The minimum atomic E-state index is -0.261. The van der Waals surface area contributed by atoms with Gasteiger partial charge in [-0.05, 0) is 19.8 Å². The second-order valence-corrected chi connectivity index (χ2v) is 5.46. The smallest absolute Gasteiger partial charge is 0.349 e. The minimum absolute atomic E-state index is 0.150. The summed E-state index contributed by atoms with van der Waals surface area (Å²) in [6.07, 6.45) is 5.72. The number of fused-ring (bicyclic) bond motifs is 1. The van der Waals surface area contributed by atoms with Crippen LogP contribution in [-0.2, 0) is 0 Å². The predicted molar refractivity (Wildman–Crippen MR) is 76.8 cm³/mol. The fourth-order valence-electron chi connectivity index (χ4n) is 2.88. The molecule has 0 aliphatic heterocycles. The Morgan fingerprint density at radius 1 is 1.40 bits per heavy atom. The SMILES string of the molecule is Cc1nc(NC2CCCCCC2N)cc2n[nH]c(=O)n12. The molecular formula is C13H20N6O. The van der Waals surface area contributed by atoms with Crippen LogP contribution in [0.4, 0.5) is 5.82 Å². The summed E-state index contributed by atoms with van der Waals surface area (Å²) < 4.78 is 1.46. The predicted octanol–water partition coefficient (Wildman–Crippen LogP) is 0.798. The van der Waals surface area contributed by atoms with E-state index >= 15 is 0 Å². The molecule has 2 aromatic rings. The van der Waals surface area contributed by atoms with E-state index in [2.05, 4.69) is 20.5 Å². The summed E-state index contributed by atoms with van der Waals surface area (Å²) in [6, 6.07) is 2.16. The molecule has 0 spiro atoms. The normalized spacial score (nSPS) is 23.7. The molecule has 3 rings (SSSR count). The summed E-state index contributed by atoms with van der Waals surface area (Å²) in [5.74, 6) is 1.35. The van der Waals surface area contributed by atoms with Crippen molar-refractivity contribution in [3.63, 3.8) is 0 Å². The van der Waals surface area contributed by atoms with Crippen LogP contribution in [0.3, 0.4) is 0 Å². The molecule has 1 aliphatic carbocycles. The molecule has 1 saturated carbocycles. The van der Waals surface area contributed by atoms with Crippen LogP contribution in [-0.4, -0.2) is 31.7 Å². The molecular weight excluding hydrogens is 256 g/mol. The van der Waals surface area contributed by atoms with Crippen LogP contribution >= 0.6 is 0 Å². The van der Waals surface area contributed by atoms with Crippen molar-refractivity contribution in [2.75, 3.05) is 5.32 Å². The van der Waals surface area contributed by atoms with E-state index in [0.29, 0.717) is 11.5 Å². The van der Waals surface area contributed by atoms with E-state index in [1.807, 2.05) is 0 Å². The monoisotopic (exact) mass is 276 g/mol. The number of aromatic nitrogens is 4. The molecule has 1 aliphatic rings. The van der Waals surface area contributed by atoms with Crippen LogP contribution < -0.4 is 16.7 Å². The van der Waals surface area contributed by atoms with E-state index < -0.39 is 0 Å². The summed E-state index contributed by atoms with van der Waals surface area (Å²) in [6.45, 7) is 1.79. The van der Waals surface area contributed by atoms with Gasteiger partial charge in [-0.25, -0.2) is 19.3 Å². The number of nitrogens with zero attached hydrogens (tertiary/aromatic N) is 3. The van der Waals surface area contributed by atoms with E-state index in [-0.39, 0.29) is 17.8 Å². The Balaban J connectivity index is 1.88. The van der Waals surface area contributed by atoms with Crippen molar-refractivity contribution < 1.29 is 0 Å². The van der Waals surface area contributed by atoms with Gasteiger partial charge in [0.1, 0.15) is 11.6 Å². The second-order valence-electron chi connectivity index (χ2n) is 5.46. The fraction of sp³-hybridized carbons (Fsp3) is 0.615. The molecule has 0 aromatic carbocycles. The van der Waals surface area contributed by atoms with Crippen molar-refractivity contribution in [2.45, 2.75) is 51.1 Å². The van der Waals surface area contributed by atoms with E-state index in [1.165, 1.54) is 23.7 Å². The molecule has 7 heteroatoms. The van der Waals surface area contributed by atoms with Gasteiger partial charge in [-0.1, -0.05) is 19.3 Å². The number of hydrogen-bond acceptors (Lipinski definition) is 5. The molecule has 2 unspecified atom stereocenters. The highest BCUT2D eigenvalue weighted by atomic mass is 16.1. The fourth-order valence-corrected chi connectivity index (χ4v) is 2.88. The van der Waals surface area contributed by atoms with Crippen molar-refractivity contribution in [3.8, 4) is 0 Å². The summed E-state index contributed by atoms with van der Waals surface area (Å²) >= 11 is 0. The largest absolute Gasteiger partial charge is 0.366 e. The van der Waals surface area contributed by atoms with Crippen LogP contribution in [0, 0.1) is 6.92 Å². The Morgan fingerprint density at radius 3 is 3.05 bits per heavy atom. The van der Waals surface area contributed by atoms with Gasteiger partial charge in [0.15, 0.2) is 5.65 Å². The highest BCUT2D eigenvalue weighted by Crippen LogP contribution is 2.20. The van der Waals surface area contributed by atoms with Gasteiger partial charge in [0.05, 0.1) is 0 Å². The highest BCUT2D eigenvalue weighted by molar-refractivity contribution is 5.50. The third kappa shape index (κ3) is 2.40. The molecule has 2 heterocycles. The van der Waals surface area contributed by atoms with Gasteiger partial charge in [-0.3, -0.25) is 0 Å². The zero-order chi connectivity index (χ0) is 14.1. The first kappa shape index (κ1) is 13.1. The highest BCUT2D eigenvalue weighted by Gasteiger charge is 2.21. The van der Waals surface area contributed by atoms with Crippen LogP contribution in [0.5, 0.6) is 0 Å². The van der Waals surface area contributed by atoms with Gasteiger partial charge < -0.3 is 11.1 Å². The molecule has 0 radical (unpaired) electrons. The standard InChI is InChI=1S/C13H20N6O/c1-8-15-11(7-12-17-18-13(20)19(8)12)16-10-6-4-2-3-5-9(10)14/h7,9-10,16H,2-6,14H2,1H3,(H,18,20). The van der Waals surface area contributed by atoms with Crippen molar-refractivity contribution in [2.24, 2.45) is 5.73 Å². The molecule has 0 saturated heterocycles. The summed E-state index contributed by atoms with van der Waals surface area (Å²) in [5.41, 5.74) is 6.53. The lowest BCUT2D eigenvalue weighted by Crippen LogP contribution is -2.39. The van der Waals surface area contributed by atoms with Gasteiger partial charge in [0, 0.05) is 18.2 Å². The molecule has 2 atom stereocenters. The van der Waals surface area contributed by atoms with Crippen molar-refractivity contribution in [1.82, 2.24) is 19.6 Å². The molecule has 4 N–H and O–H groups in total. The first-order valence-corrected chi connectivity index (χ1v) is 7.12. The van der Waals surface area contributed by atoms with Crippen LogP contribution in [0.25, 0.3) is 5.65 Å². The Hall–Kier alpha value is -1.89. The van der Waals surface area contributed by atoms with Crippen molar-refractivity contribution in [1.29, 1.82) is 0 Å². The number of hydrogen-bond donors (Lipinski definition) is 3. The summed E-state index contributed by atoms with van der Waals surface area (Å²) in [4.78, 5) is 16.0. The van der Waals surface area contributed by atoms with Crippen LogP contribution in [0.2, 0.25) is 0 Å². The van der Waals surface area contributed by atoms with Gasteiger partial charge in [0.2, 0.25) is 0 Å². The van der Waals surface area contributed by atoms with Gasteiger partial charge >= 0.3 is 5.69 Å². The number of H-pyrrole nitrogens is 1. The maximum atomic E-state index is 11.6. The molecule has 20 heavy (non-hydrogen) atoms. The van der Waals surface area contributed by atoms with Crippen LogP contribution in [0.15, 0.2) is 10.9 Å². The minimum Gasteiger partial charge on any atom is -0.366 e. The average Bonchev–Trinajstić information content (AvgIpc) is 2.66. The third-order valence-electron chi connectivity index (χ3n) is 3.97. The number of aromatic amines is 1. The average molecular weight is 276 g/mol. The summed E-state index contributed by atoms with van der Waals surface area (Å²) in [5, 5.41) is 9.82. The van der Waals surface area contributed by atoms with Crippen molar-refractivity contribution in [3.05, 3.63) is 22.4 Å². The molecule has 108 valence electrons. The lowest BCUT2D eigenvalue weighted by atomic mass is 10.0. The maximum Gasteiger partial charge on any atom is 0.349 e. The van der Waals surface area contributed by atoms with Gasteiger partial charge in [-0.2, -0.15) is 5.10 Å². The van der Waals surface area contributed by atoms with Crippen LogP contribution in [0.1, 0.15) is 37.9 Å². The van der Waals surface area contributed by atoms with E-state index in [1.54, 1.807) is 13.0 Å². The Morgan fingerprint density at radius 2 is 2.20 bits per heavy atom. The topological polar surface area (TPSA) is 101 Å². The molecule has 2 aromatic heterocycles. The Bertz CT molecular complexity index is 660. The van der Waals surface area contributed by atoms with Gasteiger partial charge in [-0.15, -0.1) is 0 Å². The number of anilines is 1. The molecule has 0 amide bonds. The molecule has 0 bridgehead atoms. The quantitative estimate of drug-likeness (QED) is 0.704. The lowest BCUT2D eigenvalue weighted by molar-refractivity contribution is 0.527. The summed E-state index contributed by atoms with van der Waals surface area (Å²) in [7, 11) is 0. The Labute approximate surface area is 116 Å². The van der Waals surface area contributed by atoms with Crippen molar-refractivity contribution >= 4 is 11.5 Å². The third-order valence-corrected chi connectivity index (χ3v) is 3.97. The lowest BCUT2D eigenvalue weighted by Gasteiger charge is -2.23. The molecule has 7 nitrogen and oxygen atoms in total. The zero-order valence-electron chi connectivity index (χ0n) is 11.6.